The molecule has 23 heavy (non-hydrogen) atoms. The minimum atomic E-state index is -0.279. The Morgan fingerprint density at radius 3 is 1.96 bits per heavy atom. The van der Waals surface area contributed by atoms with E-state index in [2.05, 4.69) is 36.0 Å². The Morgan fingerprint density at radius 2 is 1.57 bits per heavy atom. The normalized spacial score (nSPS) is 19.7. The number of rotatable bonds is 0. The fourth-order valence-electron chi connectivity index (χ4n) is 2.51. The molecule has 1 fully saturated rings. The largest absolute Gasteiger partial charge is 0.370 e. The summed E-state index contributed by atoms with van der Waals surface area (Å²) >= 11 is 0. The minimum Gasteiger partial charge on any atom is -0.370 e. The number of imide groups is 1. The number of guanidine groups is 1. The van der Waals surface area contributed by atoms with Crippen LogP contribution in [0.1, 0.15) is 54.4 Å². The van der Waals surface area contributed by atoms with Crippen LogP contribution < -0.4 is 11.1 Å². The van der Waals surface area contributed by atoms with Crippen molar-refractivity contribution in [3.05, 3.63) is 0 Å². The Kier molecular flexibility index (Phi) is 6.02. The van der Waals surface area contributed by atoms with Crippen molar-refractivity contribution in [1.29, 1.82) is 0 Å². The molecule has 0 aromatic rings. The number of nitrogens with one attached hydrogen (secondary N) is 1. The zero-order chi connectivity index (χ0) is 17.8. The summed E-state index contributed by atoms with van der Waals surface area (Å²) in [5.74, 6) is 0.518. The van der Waals surface area contributed by atoms with Gasteiger partial charge in [0.2, 0.25) is 5.91 Å². The molecule has 2 heterocycles. The molecule has 0 spiro atoms. The Balaban J connectivity index is 0.000000231. The first-order valence-electron chi connectivity index (χ1n) is 8.12. The third kappa shape index (κ3) is 5.73. The van der Waals surface area contributed by atoms with Crippen LogP contribution in [0, 0.1) is 0 Å². The molecule has 7 nitrogen and oxygen atoms in total. The van der Waals surface area contributed by atoms with Crippen LogP contribution in [0.4, 0.5) is 4.79 Å². The maximum Gasteiger partial charge on any atom is 0.324 e. The van der Waals surface area contributed by atoms with Gasteiger partial charge in [0.15, 0.2) is 5.96 Å². The van der Waals surface area contributed by atoms with Crippen LogP contribution in [0.15, 0.2) is 4.99 Å². The highest BCUT2D eigenvalue weighted by Crippen LogP contribution is 2.16. The van der Waals surface area contributed by atoms with Gasteiger partial charge in [-0.3, -0.25) is 15.1 Å². The summed E-state index contributed by atoms with van der Waals surface area (Å²) in [6, 6.07) is -0.279. The summed E-state index contributed by atoms with van der Waals surface area (Å²) in [6.45, 7) is 14.8. The van der Waals surface area contributed by atoms with E-state index in [-0.39, 0.29) is 23.0 Å². The second kappa shape index (κ2) is 7.19. The number of amides is 3. The average molecular weight is 325 g/mol. The zero-order valence-corrected chi connectivity index (χ0v) is 15.3. The lowest BCUT2D eigenvalue weighted by molar-refractivity contribution is -0.122. The highest BCUT2D eigenvalue weighted by atomic mass is 16.2. The van der Waals surface area contributed by atoms with E-state index >= 15 is 0 Å². The maximum absolute atomic E-state index is 11.2. The molecule has 2 aliphatic heterocycles. The molecule has 0 aromatic carbocycles. The molecule has 0 aliphatic carbocycles. The molecule has 0 bridgehead atoms. The molecule has 0 aromatic heterocycles. The first-order chi connectivity index (χ1) is 10.4. The number of hydrogen-bond acceptors (Lipinski definition) is 5. The summed E-state index contributed by atoms with van der Waals surface area (Å²) in [4.78, 5) is 30.0. The van der Waals surface area contributed by atoms with Crippen molar-refractivity contribution in [1.82, 2.24) is 15.1 Å². The summed E-state index contributed by atoms with van der Waals surface area (Å²) in [7, 11) is 0. The highest BCUT2D eigenvalue weighted by Gasteiger charge is 2.31. The van der Waals surface area contributed by atoms with Gasteiger partial charge in [0.1, 0.15) is 0 Å². The molecular weight excluding hydrogens is 294 g/mol. The fraction of sp³-hybridized carbons (Fsp3) is 0.812. The van der Waals surface area contributed by atoms with Crippen molar-refractivity contribution in [2.75, 3.05) is 19.6 Å². The van der Waals surface area contributed by atoms with Gasteiger partial charge in [-0.2, -0.15) is 0 Å². The Morgan fingerprint density at radius 1 is 1.00 bits per heavy atom. The third-order valence-corrected chi connectivity index (χ3v) is 3.76. The summed E-state index contributed by atoms with van der Waals surface area (Å²) in [6.07, 6.45) is 1.53. The van der Waals surface area contributed by atoms with Gasteiger partial charge in [-0.1, -0.05) is 0 Å². The van der Waals surface area contributed by atoms with Crippen molar-refractivity contribution in [2.24, 2.45) is 10.7 Å². The van der Waals surface area contributed by atoms with Crippen molar-refractivity contribution < 1.29 is 9.59 Å². The molecule has 0 atom stereocenters. The van der Waals surface area contributed by atoms with Crippen LogP contribution in [0.3, 0.4) is 0 Å². The molecule has 1 saturated heterocycles. The first-order valence-corrected chi connectivity index (χ1v) is 8.12. The number of urea groups is 1. The van der Waals surface area contributed by atoms with E-state index < -0.39 is 0 Å². The molecular formula is C16H31N5O2. The van der Waals surface area contributed by atoms with Gasteiger partial charge in [-0.05, 0) is 48.0 Å². The van der Waals surface area contributed by atoms with Crippen molar-refractivity contribution in [2.45, 2.75) is 65.5 Å². The van der Waals surface area contributed by atoms with Gasteiger partial charge in [-0.15, -0.1) is 0 Å². The van der Waals surface area contributed by atoms with Crippen LogP contribution in [0.2, 0.25) is 0 Å². The quantitative estimate of drug-likeness (QED) is 0.706. The molecule has 3 N–H and O–H groups in total. The number of aliphatic imine (C=N–C) groups is 1. The number of nitrogens with zero attached hydrogens (tertiary/aromatic N) is 3. The monoisotopic (exact) mass is 325 g/mol. The Labute approximate surface area is 139 Å². The van der Waals surface area contributed by atoms with E-state index in [1.54, 1.807) is 4.90 Å². The number of carbonyl (C=O) groups is 2. The molecule has 2 aliphatic rings. The first kappa shape index (κ1) is 19.3. The topological polar surface area (TPSA) is 91.0 Å². The lowest BCUT2D eigenvalue weighted by Crippen LogP contribution is -2.56. The van der Waals surface area contributed by atoms with Gasteiger partial charge >= 0.3 is 6.03 Å². The predicted molar refractivity (Wildman–Crippen MR) is 92.2 cm³/mol. The SMILES string of the molecule is CC(C)(C)N1CCC(=O)NC1=O.CC(C)(C)N1CCCN=C1N. The minimum absolute atomic E-state index is 0.119. The van der Waals surface area contributed by atoms with Crippen LogP contribution >= 0.6 is 0 Å². The standard InChI is InChI=1S/C8H17N3.C8H14N2O2/c1-8(2,3)11-6-4-5-10-7(11)9;1-8(2,3)10-5-4-6(11)9-7(10)12/h4-6H2,1-3H3,(H2,9,10);4-5H2,1-3H3,(H,9,11,12). The van der Waals surface area contributed by atoms with Gasteiger partial charge in [0, 0.05) is 37.1 Å². The van der Waals surface area contributed by atoms with E-state index in [1.807, 2.05) is 20.8 Å². The van der Waals surface area contributed by atoms with Gasteiger partial charge < -0.3 is 15.5 Å². The van der Waals surface area contributed by atoms with Crippen LogP contribution in [0.25, 0.3) is 0 Å². The highest BCUT2D eigenvalue weighted by molar-refractivity contribution is 5.96. The van der Waals surface area contributed by atoms with Crippen molar-refractivity contribution in [3.63, 3.8) is 0 Å². The zero-order valence-electron chi connectivity index (χ0n) is 15.3. The van der Waals surface area contributed by atoms with E-state index in [0.29, 0.717) is 18.9 Å². The molecule has 0 radical (unpaired) electrons. The summed E-state index contributed by atoms with van der Waals surface area (Å²) in [5.41, 5.74) is 5.66. The molecule has 7 heteroatoms. The predicted octanol–water partition coefficient (Wildman–Crippen LogP) is 1.53. The average Bonchev–Trinajstić information content (AvgIpc) is 2.36. The molecule has 132 valence electrons. The molecule has 3 amide bonds. The van der Waals surface area contributed by atoms with Gasteiger partial charge in [0.25, 0.3) is 0 Å². The molecule has 2 rings (SSSR count). The van der Waals surface area contributed by atoms with E-state index in [4.69, 9.17) is 5.73 Å². The van der Waals surface area contributed by atoms with Gasteiger partial charge in [0.05, 0.1) is 0 Å². The van der Waals surface area contributed by atoms with Crippen molar-refractivity contribution >= 4 is 17.9 Å². The smallest absolute Gasteiger partial charge is 0.324 e. The maximum atomic E-state index is 11.2. The third-order valence-electron chi connectivity index (χ3n) is 3.76. The number of nitrogens with two attached hydrogens (primary N) is 1. The summed E-state index contributed by atoms with van der Waals surface area (Å²) < 4.78 is 0. The van der Waals surface area contributed by atoms with E-state index in [0.717, 1.165) is 19.5 Å². The van der Waals surface area contributed by atoms with Crippen LogP contribution in [-0.4, -0.2) is 58.4 Å². The second-order valence-electron chi connectivity index (χ2n) is 7.84. The lowest BCUT2D eigenvalue weighted by atomic mass is 10.1. The lowest BCUT2D eigenvalue weighted by Gasteiger charge is -2.38. The van der Waals surface area contributed by atoms with E-state index in [9.17, 15) is 9.59 Å². The Bertz CT molecular complexity index is 474. The molecule has 0 saturated carbocycles. The number of carbonyl (C=O) groups excluding carboxylic acids is 2. The van der Waals surface area contributed by atoms with Gasteiger partial charge in [-0.25, -0.2) is 4.79 Å². The van der Waals surface area contributed by atoms with Crippen LogP contribution in [-0.2, 0) is 4.79 Å². The second-order valence-corrected chi connectivity index (χ2v) is 7.84. The fourth-order valence-corrected chi connectivity index (χ4v) is 2.51. The number of hydrogen-bond donors (Lipinski definition) is 2. The Hall–Kier alpha value is -1.79. The summed E-state index contributed by atoms with van der Waals surface area (Å²) in [5, 5.41) is 2.28. The van der Waals surface area contributed by atoms with Crippen LogP contribution in [0.5, 0.6) is 0 Å². The molecule has 0 unspecified atom stereocenters. The van der Waals surface area contributed by atoms with Crippen molar-refractivity contribution in [3.8, 4) is 0 Å². The van der Waals surface area contributed by atoms with E-state index in [1.165, 1.54) is 0 Å².